The minimum absolute atomic E-state index is 0.00151. The van der Waals surface area contributed by atoms with E-state index in [0.29, 0.717) is 31.5 Å². The van der Waals surface area contributed by atoms with Gasteiger partial charge in [-0.3, -0.25) is 43.3 Å². The SMILES string of the molecule is CC(C)[C@H](NC(=O)CCCCCN1C(=O)C=CC1=O)C(=O)C[C@@H](C)C(=O)N[C@@H](CCCCNC(=O)[C@@H](C)NC(=O)[C@@H](N)CCN(C(=O)CO)[C@@H](c1nc(-c2cc(F)ccc2F)cn1Cc1ccccc1)C(C)(C)C)C(=O)O.O=C(O)C(F)(F)F. The summed E-state index contributed by atoms with van der Waals surface area (Å²) >= 11 is 0. The number of aliphatic hydroxyl groups excluding tert-OH is 1. The molecule has 0 radical (unpaired) electrons. The fourth-order valence-corrected chi connectivity index (χ4v) is 8.84. The first-order chi connectivity index (χ1) is 39.3. The number of hydrogen-bond donors (Lipinski definition) is 8. The Morgan fingerprint density at radius 1 is 0.786 bits per heavy atom. The summed E-state index contributed by atoms with van der Waals surface area (Å²) in [6.45, 7) is 11.5. The minimum Gasteiger partial charge on any atom is -0.480 e. The van der Waals surface area contributed by atoms with Crippen LogP contribution in [0.2, 0.25) is 0 Å². The maximum absolute atomic E-state index is 15.1. The Kier molecular flexibility index (Phi) is 27.4. The summed E-state index contributed by atoms with van der Waals surface area (Å²) in [7, 11) is 0. The lowest BCUT2D eigenvalue weighted by Gasteiger charge is -2.40. The van der Waals surface area contributed by atoms with Crippen LogP contribution in [0.1, 0.15) is 124 Å². The summed E-state index contributed by atoms with van der Waals surface area (Å²) in [5.74, 6) is -10.5. The summed E-state index contributed by atoms with van der Waals surface area (Å²) in [4.78, 5) is 131. The predicted molar refractivity (Wildman–Crippen MR) is 294 cm³/mol. The Hall–Kier alpha value is -7.94. The number of nitrogens with zero attached hydrogens (tertiary/aromatic N) is 4. The zero-order valence-corrected chi connectivity index (χ0v) is 48.0. The van der Waals surface area contributed by atoms with Crippen LogP contribution in [0.3, 0.4) is 0 Å². The zero-order chi connectivity index (χ0) is 63.2. The third-order valence-corrected chi connectivity index (χ3v) is 13.4. The number of hydrogen-bond acceptors (Lipinski definition) is 13. The molecule has 9 N–H and O–H groups in total. The van der Waals surface area contributed by atoms with E-state index in [1.807, 2.05) is 51.1 Å². The van der Waals surface area contributed by atoms with Gasteiger partial charge in [-0.25, -0.2) is 23.4 Å². The van der Waals surface area contributed by atoms with Crippen molar-refractivity contribution in [1.82, 2.24) is 40.6 Å². The molecule has 0 spiro atoms. The number of carbonyl (C=O) groups is 10. The van der Waals surface area contributed by atoms with Crippen LogP contribution in [0.15, 0.2) is 66.9 Å². The summed E-state index contributed by atoms with van der Waals surface area (Å²) in [5, 5.41) is 37.6. The largest absolute Gasteiger partial charge is 0.490 e. The molecule has 1 aliphatic heterocycles. The van der Waals surface area contributed by atoms with E-state index in [2.05, 4.69) is 21.3 Å². The average molecular weight is 1190 g/mol. The second-order valence-electron chi connectivity index (χ2n) is 21.7. The van der Waals surface area contributed by atoms with Gasteiger partial charge in [0.25, 0.3) is 11.8 Å². The van der Waals surface area contributed by atoms with Gasteiger partial charge in [0, 0.05) is 68.9 Å². The van der Waals surface area contributed by atoms with Crippen LogP contribution in [-0.2, 0) is 54.5 Å². The summed E-state index contributed by atoms with van der Waals surface area (Å²) < 4.78 is 63.0. The van der Waals surface area contributed by atoms with E-state index in [1.165, 1.54) is 30.9 Å². The van der Waals surface area contributed by atoms with Crippen LogP contribution in [-0.4, -0.2) is 150 Å². The highest BCUT2D eigenvalue weighted by molar-refractivity contribution is 6.12. The highest BCUT2D eigenvalue weighted by atomic mass is 19.4. The molecule has 1 aliphatic rings. The highest BCUT2D eigenvalue weighted by Gasteiger charge is 2.40. The first-order valence-electron chi connectivity index (χ1n) is 27.3. The van der Waals surface area contributed by atoms with E-state index in [0.717, 1.165) is 28.7 Å². The molecule has 0 bridgehead atoms. The number of carbonyl (C=O) groups excluding carboxylic acids is 8. The number of carboxylic acids is 2. The van der Waals surface area contributed by atoms with E-state index >= 15 is 4.39 Å². The standard InChI is InChI=1S/C55H75F2N9O11.C2HF3O2/c1-33(2)48(63-44(69)19-12-9-15-26-65-45(70)22-23-46(65)71)43(68)28-34(3)51(73)62-41(54(76)77)18-13-14-25-59-52(74)35(4)60-53(75)40(58)24-27-66(47(72)32-67)49(55(5,6)7)50-61-42(38-29-37(56)20-21-39(38)57)31-64(50)30-36-16-10-8-11-17-36;3-2(4,5)1(6)7/h8,10-11,16-17,20-23,29,31,33-35,40-41,48-49,67H,9,12-15,18-19,24-28,30,32,58H2,1-7H3,(H,59,74)(H,60,75)(H,62,73)(H,63,69)(H,76,77);(H,6,7)/t34-,35-,40+,41+,48+,49+;/m1./s1. The second kappa shape index (κ2) is 32.8. The Balaban J connectivity index is 0.00000247. The Bertz CT molecular complexity index is 2800. The molecule has 7 amide bonds. The highest BCUT2D eigenvalue weighted by Crippen LogP contribution is 2.40. The van der Waals surface area contributed by atoms with Crippen molar-refractivity contribution in [2.75, 3.05) is 26.2 Å². The molecule has 2 aromatic carbocycles. The van der Waals surface area contributed by atoms with E-state index < -0.39 is 107 Å². The maximum atomic E-state index is 15.1. The van der Waals surface area contributed by atoms with Crippen LogP contribution in [0.25, 0.3) is 11.3 Å². The number of nitrogens with two attached hydrogens (primary N) is 1. The molecule has 4 rings (SSSR count). The first kappa shape index (κ1) is 70.3. The van der Waals surface area contributed by atoms with Crippen molar-refractivity contribution < 1.29 is 85.2 Å². The van der Waals surface area contributed by atoms with Crippen molar-refractivity contribution in [2.45, 2.75) is 149 Å². The van der Waals surface area contributed by atoms with Gasteiger partial charge in [0.1, 0.15) is 36.1 Å². The van der Waals surface area contributed by atoms with Crippen molar-refractivity contribution in [3.8, 4) is 11.3 Å². The average Bonchev–Trinajstić information content (AvgIpc) is 3.51. The van der Waals surface area contributed by atoms with Crippen molar-refractivity contribution in [2.24, 2.45) is 23.0 Å². The maximum Gasteiger partial charge on any atom is 0.490 e. The molecule has 84 heavy (non-hydrogen) atoms. The van der Waals surface area contributed by atoms with Crippen molar-refractivity contribution in [3.05, 3.63) is 89.9 Å². The number of rotatable bonds is 31. The number of imidazole rings is 1. The molecule has 0 saturated carbocycles. The zero-order valence-electron chi connectivity index (χ0n) is 48.0. The number of amides is 7. The quantitative estimate of drug-likeness (QED) is 0.0246. The smallest absolute Gasteiger partial charge is 0.480 e. The molecule has 6 atom stereocenters. The third-order valence-electron chi connectivity index (χ3n) is 13.4. The van der Waals surface area contributed by atoms with E-state index in [-0.39, 0.29) is 93.2 Å². The molecule has 0 unspecified atom stereocenters. The number of aliphatic hydroxyl groups is 1. The van der Waals surface area contributed by atoms with Gasteiger partial charge < -0.3 is 51.8 Å². The molecule has 0 aliphatic carbocycles. The number of nitrogens with one attached hydrogen (secondary N) is 4. The molecule has 0 fully saturated rings. The molecular formula is C57H76F5N9O13. The number of aromatic nitrogens is 2. The molecule has 3 aromatic rings. The first-order valence-corrected chi connectivity index (χ1v) is 27.3. The molecule has 1 aromatic heterocycles. The molecule has 462 valence electrons. The lowest BCUT2D eigenvalue weighted by atomic mass is 9.84. The van der Waals surface area contributed by atoms with Crippen LogP contribution in [0.4, 0.5) is 22.0 Å². The molecule has 22 nitrogen and oxygen atoms in total. The normalized spacial score (nSPS) is 14.5. The van der Waals surface area contributed by atoms with Crippen LogP contribution in [0, 0.1) is 28.9 Å². The number of imide groups is 1. The minimum atomic E-state index is -5.08. The Morgan fingerprint density at radius 2 is 1.42 bits per heavy atom. The monoisotopic (exact) mass is 1190 g/mol. The number of halogens is 5. The van der Waals surface area contributed by atoms with Crippen LogP contribution >= 0.6 is 0 Å². The van der Waals surface area contributed by atoms with Gasteiger partial charge in [-0.1, -0.05) is 78.3 Å². The third kappa shape index (κ3) is 22.3. The van der Waals surface area contributed by atoms with Crippen molar-refractivity contribution in [1.29, 1.82) is 0 Å². The number of Topliss-reactive ketones (excluding diaryl/α,β-unsaturated/α-hetero) is 1. The second-order valence-corrected chi connectivity index (χ2v) is 21.7. The van der Waals surface area contributed by atoms with Crippen LogP contribution in [0.5, 0.6) is 0 Å². The topological polar surface area (TPSA) is 330 Å². The van der Waals surface area contributed by atoms with Gasteiger partial charge in [-0.2, -0.15) is 13.2 Å². The van der Waals surface area contributed by atoms with Gasteiger partial charge in [0.2, 0.25) is 29.5 Å². The van der Waals surface area contributed by atoms with Crippen molar-refractivity contribution >= 4 is 59.1 Å². The van der Waals surface area contributed by atoms with Crippen LogP contribution < -0.4 is 27.0 Å². The summed E-state index contributed by atoms with van der Waals surface area (Å²) in [6.07, 6.45) is 0.757. The van der Waals surface area contributed by atoms with E-state index in [4.69, 9.17) is 20.6 Å². The van der Waals surface area contributed by atoms with Gasteiger partial charge in [-0.05, 0) is 80.5 Å². The van der Waals surface area contributed by atoms with E-state index in [9.17, 15) is 70.9 Å². The van der Waals surface area contributed by atoms with Gasteiger partial charge in [0.15, 0.2) is 5.78 Å². The fourth-order valence-electron chi connectivity index (χ4n) is 8.84. The molecule has 2 heterocycles. The van der Waals surface area contributed by atoms with E-state index in [1.54, 1.807) is 24.6 Å². The number of unbranched alkanes of at least 4 members (excludes halogenated alkanes) is 3. The molecule has 27 heteroatoms. The van der Waals surface area contributed by atoms with Gasteiger partial charge in [0.05, 0.1) is 23.8 Å². The van der Waals surface area contributed by atoms with Gasteiger partial charge >= 0.3 is 18.1 Å². The fraction of sp³-hybridized carbons (Fsp3) is 0.526. The number of aliphatic carboxylic acids is 2. The lowest BCUT2D eigenvalue weighted by Crippen LogP contribution is -2.52. The number of carboxylic acid groups (broad SMARTS) is 2. The van der Waals surface area contributed by atoms with Crippen molar-refractivity contribution in [3.63, 3.8) is 0 Å². The lowest BCUT2D eigenvalue weighted by molar-refractivity contribution is -0.192. The Labute approximate surface area is 483 Å². The predicted octanol–water partition coefficient (Wildman–Crippen LogP) is 4.72. The molecular weight excluding hydrogens is 1110 g/mol. The number of benzene rings is 2. The number of alkyl halides is 3. The summed E-state index contributed by atoms with van der Waals surface area (Å²) in [6, 6.07) is 6.95. The number of ketones is 1. The molecule has 0 saturated heterocycles. The summed E-state index contributed by atoms with van der Waals surface area (Å²) in [5.41, 5.74) is 6.42. The Morgan fingerprint density at radius 3 is 1.99 bits per heavy atom. The van der Waals surface area contributed by atoms with Gasteiger partial charge in [-0.15, -0.1) is 0 Å².